The number of aromatic hydroxyl groups is 1. The maximum atomic E-state index is 9.70. The van der Waals surface area contributed by atoms with Gasteiger partial charge in [-0.1, -0.05) is 0 Å². The number of aromatic nitrogens is 1. The van der Waals surface area contributed by atoms with Crippen molar-refractivity contribution in [2.75, 3.05) is 13.2 Å². The third kappa shape index (κ3) is 2.33. The van der Waals surface area contributed by atoms with E-state index in [1.807, 2.05) is 6.92 Å². The van der Waals surface area contributed by atoms with Gasteiger partial charge in [0.1, 0.15) is 5.75 Å². The summed E-state index contributed by atoms with van der Waals surface area (Å²) in [7, 11) is 0. The van der Waals surface area contributed by atoms with Crippen LogP contribution in [0.2, 0.25) is 0 Å². The highest BCUT2D eigenvalue weighted by atomic mass is 16.3. The minimum absolute atomic E-state index is 0.187. The molecular formula is C12H18N2O2. The highest BCUT2D eigenvalue weighted by Gasteiger charge is 2.24. The zero-order valence-electron chi connectivity index (χ0n) is 9.56. The average molecular weight is 222 g/mol. The van der Waals surface area contributed by atoms with Gasteiger partial charge in [0.15, 0.2) is 0 Å². The van der Waals surface area contributed by atoms with E-state index in [-0.39, 0.29) is 18.4 Å². The number of likely N-dealkylation sites (tertiary alicyclic amines) is 1. The maximum absolute atomic E-state index is 9.70. The van der Waals surface area contributed by atoms with Crippen LogP contribution in [0.1, 0.15) is 24.2 Å². The molecule has 1 aliphatic heterocycles. The maximum Gasteiger partial charge on any atom is 0.138 e. The van der Waals surface area contributed by atoms with E-state index >= 15 is 0 Å². The van der Waals surface area contributed by atoms with Crippen molar-refractivity contribution in [3.63, 3.8) is 0 Å². The number of nitrogens with zero attached hydrogens (tertiary/aromatic N) is 2. The molecule has 0 saturated carbocycles. The molecule has 0 unspecified atom stereocenters. The Hall–Kier alpha value is -1.13. The predicted octanol–water partition coefficient (Wildman–Crippen LogP) is 1.05. The second-order valence-electron chi connectivity index (χ2n) is 4.37. The Balaban J connectivity index is 2.11. The highest BCUT2D eigenvalue weighted by Crippen LogP contribution is 2.23. The molecule has 1 aromatic heterocycles. The zero-order valence-corrected chi connectivity index (χ0v) is 9.56. The quantitative estimate of drug-likeness (QED) is 0.802. The molecule has 0 aromatic carbocycles. The van der Waals surface area contributed by atoms with Gasteiger partial charge < -0.3 is 10.2 Å². The Kier molecular flexibility index (Phi) is 3.41. The van der Waals surface area contributed by atoms with E-state index in [0.717, 1.165) is 25.1 Å². The van der Waals surface area contributed by atoms with Crippen LogP contribution in [0, 0.1) is 6.92 Å². The molecule has 4 heteroatoms. The summed E-state index contributed by atoms with van der Waals surface area (Å²) < 4.78 is 0. The van der Waals surface area contributed by atoms with Crippen molar-refractivity contribution in [1.82, 2.24) is 9.88 Å². The van der Waals surface area contributed by atoms with E-state index in [4.69, 9.17) is 0 Å². The monoisotopic (exact) mass is 222 g/mol. The number of hydrogen-bond acceptors (Lipinski definition) is 4. The molecule has 2 rings (SSSR count). The first-order chi connectivity index (χ1) is 7.70. The average Bonchev–Trinajstić information content (AvgIpc) is 2.71. The third-order valence-corrected chi connectivity index (χ3v) is 3.15. The summed E-state index contributed by atoms with van der Waals surface area (Å²) in [5.41, 5.74) is 1.62. The Bertz CT molecular complexity index is 368. The molecule has 16 heavy (non-hydrogen) atoms. The summed E-state index contributed by atoms with van der Waals surface area (Å²) in [6.45, 7) is 3.70. The van der Waals surface area contributed by atoms with Crippen LogP contribution in [0.4, 0.5) is 0 Å². The molecule has 88 valence electrons. The first-order valence-corrected chi connectivity index (χ1v) is 5.71. The molecule has 0 radical (unpaired) electrons. The first kappa shape index (κ1) is 11.4. The van der Waals surface area contributed by atoms with Gasteiger partial charge in [-0.25, -0.2) is 0 Å². The topological polar surface area (TPSA) is 56.6 Å². The molecule has 1 saturated heterocycles. The van der Waals surface area contributed by atoms with E-state index in [1.54, 1.807) is 12.1 Å². The van der Waals surface area contributed by atoms with Gasteiger partial charge in [0.2, 0.25) is 0 Å². The SMILES string of the molecule is Cc1ccc(O)c(CN2CCC[C@H]2CO)n1. The summed E-state index contributed by atoms with van der Waals surface area (Å²) in [5, 5.41) is 18.9. The van der Waals surface area contributed by atoms with Crippen molar-refractivity contribution >= 4 is 0 Å². The van der Waals surface area contributed by atoms with Crippen molar-refractivity contribution in [2.45, 2.75) is 32.4 Å². The van der Waals surface area contributed by atoms with Gasteiger partial charge in [-0.2, -0.15) is 0 Å². The standard InChI is InChI=1S/C12H18N2O2/c1-9-4-5-12(16)11(13-9)7-14-6-2-3-10(14)8-15/h4-5,10,15-16H,2-3,6-8H2,1H3/t10-/m0/s1. The Morgan fingerprint density at radius 2 is 2.31 bits per heavy atom. The lowest BCUT2D eigenvalue weighted by Gasteiger charge is -2.22. The predicted molar refractivity (Wildman–Crippen MR) is 61.2 cm³/mol. The lowest BCUT2D eigenvalue weighted by atomic mass is 10.2. The molecule has 0 aliphatic carbocycles. The number of rotatable bonds is 3. The third-order valence-electron chi connectivity index (χ3n) is 3.15. The van der Waals surface area contributed by atoms with Crippen LogP contribution in [0.15, 0.2) is 12.1 Å². The van der Waals surface area contributed by atoms with Gasteiger partial charge in [-0.3, -0.25) is 9.88 Å². The van der Waals surface area contributed by atoms with Crippen LogP contribution >= 0.6 is 0 Å². The summed E-state index contributed by atoms with van der Waals surface area (Å²) >= 11 is 0. The Morgan fingerprint density at radius 1 is 1.50 bits per heavy atom. The largest absolute Gasteiger partial charge is 0.506 e. The van der Waals surface area contributed by atoms with E-state index in [1.165, 1.54) is 0 Å². The summed E-state index contributed by atoms with van der Waals surface area (Å²) in [6, 6.07) is 3.70. The van der Waals surface area contributed by atoms with Crippen molar-refractivity contribution in [2.24, 2.45) is 0 Å². The van der Waals surface area contributed by atoms with Crippen LogP contribution in [0.25, 0.3) is 0 Å². The lowest BCUT2D eigenvalue weighted by Crippen LogP contribution is -2.32. The first-order valence-electron chi connectivity index (χ1n) is 5.71. The molecule has 2 heterocycles. The van der Waals surface area contributed by atoms with E-state index in [0.29, 0.717) is 12.2 Å². The van der Waals surface area contributed by atoms with Crippen molar-refractivity contribution in [3.05, 3.63) is 23.5 Å². The molecule has 0 bridgehead atoms. The molecule has 2 N–H and O–H groups in total. The van der Waals surface area contributed by atoms with Crippen LogP contribution in [-0.4, -0.2) is 39.3 Å². The molecular weight excluding hydrogens is 204 g/mol. The minimum Gasteiger partial charge on any atom is -0.506 e. The molecule has 4 nitrogen and oxygen atoms in total. The Morgan fingerprint density at radius 3 is 3.06 bits per heavy atom. The van der Waals surface area contributed by atoms with Crippen molar-refractivity contribution in [3.8, 4) is 5.75 Å². The van der Waals surface area contributed by atoms with Gasteiger partial charge in [0, 0.05) is 18.3 Å². The lowest BCUT2D eigenvalue weighted by molar-refractivity contribution is 0.151. The number of aryl methyl sites for hydroxylation is 1. The zero-order chi connectivity index (χ0) is 11.5. The second kappa shape index (κ2) is 4.80. The molecule has 0 spiro atoms. The van der Waals surface area contributed by atoms with Gasteiger partial charge >= 0.3 is 0 Å². The fraction of sp³-hybridized carbons (Fsp3) is 0.583. The highest BCUT2D eigenvalue weighted by molar-refractivity contribution is 5.27. The number of pyridine rings is 1. The summed E-state index contributed by atoms with van der Waals surface area (Å²) in [6.07, 6.45) is 2.14. The van der Waals surface area contributed by atoms with Gasteiger partial charge in [-0.15, -0.1) is 0 Å². The van der Waals surface area contributed by atoms with E-state index in [9.17, 15) is 10.2 Å². The van der Waals surface area contributed by atoms with Crippen LogP contribution in [0.3, 0.4) is 0 Å². The fourth-order valence-corrected chi connectivity index (χ4v) is 2.22. The van der Waals surface area contributed by atoms with E-state index in [2.05, 4.69) is 9.88 Å². The van der Waals surface area contributed by atoms with Gasteiger partial charge in [0.25, 0.3) is 0 Å². The molecule has 1 atom stereocenters. The minimum atomic E-state index is 0.187. The van der Waals surface area contributed by atoms with E-state index < -0.39 is 0 Å². The molecule has 1 aromatic rings. The number of aliphatic hydroxyl groups excluding tert-OH is 1. The number of hydrogen-bond donors (Lipinski definition) is 2. The van der Waals surface area contributed by atoms with Crippen molar-refractivity contribution in [1.29, 1.82) is 0 Å². The van der Waals surface area contributed by atoms with Gasteiger partial charge in [0.05, 0.1) is 12.3 Å². The molecule has 1 aliphatic rings. The second-order valence-corrected chi connectivity index (χ2v) is 4.37. The number of aliphatic hydroxyl groups is 1. The smallest absolute Gasteiger partial charge is 0.138 e. The summed E-state index contributed by atoms with van der Waals surface area (Å²) in [5.74, 6) is 0.245. The van der Waals surface area contributed by atoms with Crippen LogP contribution in [-0.2, 0) is 6.54 Å². The Labute approximate surface area is 95.5 Å². The fourth-order valence-electron chi connectivity index (χ4n) is 2.22. The van der Waals surface area contributed by atoms with Crippen molar-refractivity contribution < 1.29 is 10.2 Å². The normalized spacial score (nSPS) is 21.5. The van der Waals surface area contributed by atoms with Gasteiger partial charge in [-0.05, 0) is 38.4 Å². The van der Waals surface area contributed by atoms with Crippen LogP contribution in [0.5, 0.6) is 5.75 Å². The molecule has 0 amide bonds. The molecule has 1 fully saturated rings. The van der Waals surface area contributed by atoms with Crippen LogP contribution < -0.4 is 0 Å². The summed E-state index contributed by atoms with van der Waals surface area (Å²) in [4.78, 5) is 6.51.